The fourth-order valence-corrected chi connectivity index (χ4v) is 1.90. The molecule has 0 radical (unpaired) electrons. The smallest absolute Gasteiger partial charge is 0.165 e. The summed E-state index contributed by atoms with van der Waals surface area (Å²) in [5, 5.41) is 12.8. The Morgan fingerprint density at radius 2 is 1.90 bits per heavy atom. The highest BCUT2D eigenvalue weighted by atomic mass is 19.1. The molecule has 0 aromatic heterocycles. The van der Waals surface area contributed by atoms with E-state index in [0.29, 0.717) is 18.7 Å². The molecular formula is C17H20FNO2. The van der Waals surface area contributed by atoms with E-state index in [1.807, 2.05) is 38.1 Å². The van der Waals surface area contributed by atoms with Gasteiger partial charge >= 0.3 is 0 Å². The van der Waals surface area contributed by atoms with Gasteiger partial charge in [0.05, 0.1) is 0 Å². The topological polar surface area (TPSA) is 41.5 Å². The molecule has 2 aromatic carbocycles. The first-order valence-electron chi connectivity index (χ1n) is 6.95. The molecule has 21 heavy (non-hydrogen) atoms. The van der Waals surface area contributed by atoms with Gasteiger partial charge in [-0.05, 0) is 32.0 Å². The van der Waals surface area contributed by atoms with E-state index in [1.165, 1.54) is 11.6 Å². The summed E-state index contributed by atoms with van der Waals surface area (Å²) in [6, 6.07) is 12.5. The molecule has 112 valence electrons. The van der Waals surface area contributed by atoms with Gasteiger partial charge in [-0.2, -0.15) is 0 Å². The summed E-state index contributed by atoms with van der Waals surface area (Å²) in [5.41, 5.74) is 1.73. The van der Waals surface area contributed by atoms with Crippen LogP contribution in [0.4, 0.5) is 4.39 Å². The van der Waals surface area contributed by atoms with Crippen LogP contribution in [0.15, 0.2) is 42.5 Å². The van der Waals surface area contributed by atoms with Crippen molar-refractivity contribution in [3.63, 3.8) is 0 Å². The van der Waals surface area contributed by atoms with Crippen LogP contribution in [-0.4, -0.2) is 17.8 Å². The minimum atomic E-state index is -0.599. The molecule has 0 aliphatic rings. The van der Waals surface area contributed by atoms with Gasteiger partial charge < -0.3 is 15.2 Å². The highest BCUT2D eigenvalue weighted by Gasteiger charge is 2.08. The zero-order valence-electron chi connectivity index (χ0n) is 12.3. The van der Waals surface area contributed by atoms with Gasteiger partial charge in [-0.15, -0.1) is 0 Å². The minimum absolute atomic E-state index is 0.0778. The van der Waals surface area contributed by atoms with E-state index in [2.05, 4.69) is 5.32 Å². The van der Waals surface area contributed by atoms with Gasteiger partial charge in [-0.25, -0.2) is 4.39 Å². The van der Waals surface area contributed by atoms with Crippen molar-refractivity contribution in [3.05, 3.63) is 59.4 Å². The van der Waals surface area contributed by atoms with Crippen LogP contribution in [0.3, 0.4) is 0 Å². The maximum Gasteiger partial charge on any atom is 0.165 e. The first-order valence-corrected chi connectivity index (χ1v) is 6.95. The third-order valence-electron chi connectivity index (χ3n) is 3.23. The molecule has 3 nitrogen and oxygen atoms in total. The Balaban J connectivity index is 1.80. The van der Waals surface area contributed by atoms with Crippen LogP contribution >= 0.6 is 0 Å². The van der Waals surface area contributed by atoms with Crippen LogP contribution < -0.4 is 10.1 Å². The van der Waals surface area contributed by atoms with Crippen molar-refractivity contribution in [2.75, 3.05) is 6.61 Å². The zero-order valence-corrected chi connectivity index (χ0v) is 12.3. The molecule has 0 heterocycles. The Morgan fingerprint density at radius 1 is 1.19 bits per heavy atom. The van der Waals surface area contributed by atoms with Crippen molar-refractivity contribution >= 4 is 0 Å². The van der Waals surface area contributed by atoms with Crippen molar-refractivity contribution in [3.8, 4) is 11.5 Å². The van der Waals surface area contributed by atoms with Crippen molar-refractivity contribution in [1.82, 2.24) is 5.32 Å². The molecule has 0 aliphatic heterocycles. The number of ether oxygens (including phenoxy) is 1. The number of aryl methyl sites for hydroxylation is 1. The molecule has 2 N–H and O–H groups in total. The zero-order chi connectivity index (χ0) is 15.2. The monoisotopic (exact) mass is 289 g/mol. The Kier molecular flexibility index (Phi) is 5.17. The van der Waals surface area contributed by atoms with E-state index in [9.17, 15) is 9.50 Å². The summed E-state index contributed by atoms with van der Waals surface area (Å²) < 4.78 is 18.9. The number of phenols is 1. The number of aromatic hydroxyl groups is 1. The van der Waals surface area contributed by atoms with Crippen LogP contribution in [0.25, 0.3) is 0 Å². The lowest BCUT2D eigenvalue weighted by molar-refractivity contribution is 0.272. The fraction of sp³-hybridized carbons (Fsp3) is 0.294. The average Bonchev–Trinajstić information content (AvgIpc) is 2.48. The normalized spacial score (nSPS) is 12.1. The maximum absolute atomic E-state index is 13.2. The number of halogens is 1. The van der Waals surface area contributed by atoms with Crippen LogP contribution in [-0.2, 0) is 6.54 Å². The second-order valence-corrected chi connectivity index (χ2v) is 5.15. The van der Waals surface area contributed by atoms with Gasteiger partial charge in [0.25, 0.3) is 0 Å². The quantitative estimate of drug-likeness (QED) is 0.856. The molecule has 2 aromatic rings. The number of hydrogen-bond acceptors (Lipinski definition) is 3. The number of hydrogen-bond donors (Lipinski definition) is 2. The molecule has 4 heteroatoms. The van der Waals surface area contributed by atoms with Crippen molar-refractivity contribution in [2.45, 2.75) is 26.4 Å². The Hall–Kier alpha value is -2.07. The minimum Gasteiger partial charge on any atom is -0.505 e. The van der Waals surface area contributed by atoms with E-state index in [-0.39, 0.29) is 11.8 Å². The van der Waals surface area contributed by atoms with Crippen LogP contribution in [0.5, 0.6) is 11.5 Å². The van der Waals surface area contributed by atoms with Crippen molar-refractivity contribution in [1.29, 1.82) is 0 Å². The van der Waals surface area contributed by atoms with Crippen molar-refractivity contribution in [2.24, 2.45) is 0 Å². The molecular weight excluding hydrogens is 269 g/mol. The fourth-order valence-electron chi connectivity index (χ4n) is 1.90. The number of nitrogens with one attached hydrogen (secondary N) is 1. The molecule has 0 aliphatic carbocycles. The van der Waals surface area contributed by atoms with Gasteiger partial charge in [0.15, 0.2) is 11.6 Å². The summed E-state index contributed by atoms with van der Waals surface area (Å²) in [6.07, 6.45) is 0. The molecule has 0 fully saturated rings. The third-order valence-corrected chi connectivity index (χ3v) is 3.23. The van der Waals surface area contributed by atoms with E-state index >= 15 is 0 Å². The van der Waals surface area contributed by atoms with E-state index in [1.54, 1.807) is 12.1 Å². The lowest BCUT2D eigenvalue weighted by atomic mass is 10.2. The molecule has 2 rings (SSSR count). The summed E-state index contributed by atoms with van der Waals surface area (Å²) in [6.45, 7) is 4.89. The number of rotatable bonds is 6. The number of para-hydroxylation sites is 1. The first-order chi connectivity index (χ1) is 10.1. The second kappa shape index (κ2) is 7.09. The standard InChI is InChI=1S/C17H20FNO2/c1-12-6-8-15(9-7-12)21-11-13(2)19-10-14-4-3-5-16(18)17(14)20/h3-9,13,19-20H,10-11H2,1-2H3. The average molecular weight is 289 g/mol. The summed E-state index contributed by atoms with van der Waals surface area (Å²) >= 11 is 0. The first kappa shape index (κ1) is 15.3. The lowest BCUT2D eigenvalue weighted by Crippen LogP contribution is -2.31. The summed E-state index contributed by atoms with van der Waals surface area (Å²) in [5.74, 6) is -0.0719. The van der Waals surface area contributed by atoms with Gasteiger partial charge in [-0.1, -0.05) is 29.8 Å². The van der Waals surface area contributed by atoms with Crippen LogP contribution in [0.1, 0.15) is 18.1 Å². The Bertz CT molecular complexity index is 584. The van der Waals surface area contributed by atoms with Crippen LogP contribution in [0.2, 0.25) is 0 Å². The molecule has 0 amide bonds. The van der Waals surface area contributed by atoms with Crippen LogP contribution in [0, 0.1) is 12.7 Å². The van der Waals surface area contributed by atoms with E-state index in [4.69, 9.17) is 4.74 Å². The molecule has 0 saturated heterocycles. The maximum atomic E-state index is 13.2. The highest BCUT2D eigenvalue weighted by Crippen LogP contribution is 2.20. The Morgan fingerprint density at radius 3 is 2.62 bits per heavy atom. The molecule has 1 atom stereocenters. The number of phenolic OH excluding ortho intramolecular Hbond substituents is 1. The van der Waals surface area contributed by atoms with Gasteiger partial charge in [0, 0.05) is 18.2 Å². The predicted molar refractivity (Wildman–Crippen MR) is 81.0 cm³/mol. The van der Waals surface area contributed by atoms with Gasteiger partial charge in [0.2, 0.25) is 0 Å². The summed E-state index contributed by atoms with van der Waals surface area (Å²) in [4.78, 5) is 0. The summed E-state index contributed by atoms with van der Waals surface area (Å²) in [7, 11) is 0. The van der Waals surface area contributed by atoms with Crippen molar-refractivity contribution < 1.29 is 14.2 Å². The largest absolute Gasteiger partial charge is 0.505 e. The van der Waals surface area contributed by atoms with E-state index in [0.717, 1.165) is 5.75 Å². The number of benzene rings is 2. The highest BCUT2D eigenvalue weighted by molar-refractivity contribution is 5.33. The SMILES string of the molecule is Cc1ccc(OCC(C)NCc2cccc(F)c2O)cc1. The van der Waals surface area contributed by atoms with Gasteiger partial charge in [0.1, 0.15) is 12.4 Å². The molecule has 0 spiro atoms. The second-order valence-electron chi connectivity index (χ2n) is 5.15. The van der Waals surface area contributed by atoms with Gasteiger partial charge in [-0.3, -0.25) is 0 Å². The lowest BCUT2D eigenvalue weighted by Gasteiger charge is -2.15. The molecule has 1 unspecified atom stereocenters. The molecule has 0 saturated carbocycles. The predicted octanol–water partition coefficient (Wildman–Crippen LogP) is 3.40. The van der Waals surface area contributed by atoms with E-state index < -0.39 is 5.82 Å². The third kappa shape index (κ3) is 4.46. The Labute approximate surface area is 124 Å². The molecule has 0 bridgehead atoms.